The van der Waals surface area contributed by atoms with Crippen molar-refractivity contribution in [3.05, 3.63) is 53.0 Å². The van der Waals surface area contributed by atoms with Crippen LogP contribution in [0.1, 0.15) is 32.2 Å². The molecule has 0 bridgehead atoms. The summed E-state index contributed by atoms with van der Waals surface area (Å²) in [6.07, 6.45) is 0. The Hall–Kier alpha value is -2.21. The van der Waals surface area contributed by atoms with E-state index >= 15 is 0 Å². The molecule has 0 amide bonds. The Labute approximate surface area is 125 Å². The van der Waals surface area contributed by atoms with Crippen molar-refractivity contribution in [3.8, 4) is 0 Å². The number of aromatic carboxylic acids is 1. The second-order valence-corrected chi connectivity index (χ2v) is 5.34. The van der Waals surface area contributed by atoms with Crippen molar-refractivity contribution >= 4 is 23.7 Å². The molecule has 0 spiro atoms. The van der Waals surface area contributed by atoms with E-state index in [1.165, 1.54) is 18.9 Å². The number of hydrogen-bond acceptors (Lipinski definition) is 5. The van der Waals surface area contributed by atoms with E-state index in [9.17, 15) is 9.59 Å². The molecule has 0 saturated heterocycles. The van der Waals surface area contributed by atoms with Gasteiger partial charge < -0.3 is 14.3 Å². The van der Waals surface area contributed by atoms with Crippen LogP contribution < -0.4 is 0 Å². The highest BCUT2D eigenvalue weighted by atomic mass is 32.2. The summed E-state index contributed by atoms with van der Waals surface area (Å²) >= 11 is 1.50. The molecule has 2 aromatic rings. The summed E-state index contributed by atoms with van der Waals surface area (Å²) in [4.78, 5) is 23.2. The number of carbonyl (C=O) groups excluding carboxylic acids is 1. The standard InChI is InChI=1S/C15H14O5S/c1-9-13(15(18)19-2)7-11(20-9)8-21-12-5-3-10(4-6-12)14(16)17/h3-7H,8H2,1-2H3,(H,16,17). The van der Waals surface area contributed by atoms with Gasteiger partial charge >= 0.3 is 11.9 Å². The van der Waals surface area contributed by atoms with Crippen LogP contribution in [0.2, 0.25) is 0 Å². The maximum atomic E-state index is 11.5. The highest BCUT2D eigenvalue weighted by Crippen LogP contribution is 2.26. The molecule has 0 unspecified atom stereocenters. The monoisotopic (exact) mass is 306 g/mol. The minimum Gasteiger partial charge on any atom is -0.478 e. The van der Waals surface area contributed by atoms with Gasteiger partial charge in [0.2, 0.25) is 0 Å². The van der Waals surface area contributed by atoms with Crippen LogP contribution >= 0.6 is 11.8 Å². The summed E-state index contributed by atoms with van der Waals surface area (Å²) in [6.45, 7) is 1.71. The number of esters is 1. The fraction of sp³-hybridized carbons (Fsp3) is 0.200. The number of furan rings is 1. The van der Waals surface area contributed by atoms with Gasteiger partial charge in [0, 0.05) is 4.90 Å². The van der Waals surface area contributed by atoms with Crippen molar-refractivity contribution in [1.82, 2.24) is 0 Å². The predicted molar refractivity (Wildman–Crippen MR) is 77.7 cm³/mol. The van der Waals surface area contributed by atoms with Gasteiger partial charge in [0.05, 0.1) is 18.4 Å². The smallest absolute Gasteiger partial charge is 0.341 e. The molecule has 5 nitrogen and oxygen atoms in total. The third kappa shape index (κ3) is 3.66. The quantitative estimate of drug-likeness (QED) is 0.674. The highest BCUT2D eigenvalue weighted by molar-refractivity contribution is 7.98. The van der Waals surface area contributed by atoms with Crippen molar-refractivity contribution in [1.29, 1.82) is 0 Å². The summed E-state index contributed by atoms with van der Waals surface area (Å²) in [5.74, 6) is 0.373. The van der Waals surface area contributed by atoms with Crippen LogP contribution in [0.3, 0.4) is 0 Å². The van der Waals surface area contributed by atoms with Crippen molar-refractivity contribution in [3.63, 3.8) is 0 Å². The number of benzene rings is 1. The van der Waals surface area contributed by atoms with Gasteiger partial charge in [-0.05, 0) is 37.3 Å². The number of aryl methyl sites for hydroxylation is 1. The number of carboxylic acid groups (broad SMARTS) is 1. The van der Waals surface area contributed by atoms with Crippen LogP contribution in [0.15, 0.2) is 39.6 Å². The molecule has 1 heterocycles. The third-order valence-corrected chi connectivity index (χ3v) is 3.89. The zero-order valence-corrected chi connectivity index (χ0v) is 12.4. The number of ether oxygens (including phenoxy) is 1. The first-order chi connectivity index (χ1) is 10.0. The predicted octanol–water partition coefficient (Wildman–Crippen LogP) is 3.37. The summed E-state index contributed by atoms with van der Waals surface area (Å²) in [5.41, 5.74) is 0.676. The fourth-order valence-corrected chi connectivity index (χ4v) is 2.56. The van der Waals surface area contributed by atoms with Gasteiger partial charge in [-0.15, -0.1) is 11.8 Å². The van der Waals surface area contributed by atoms with Crippen LogP contribution in [0.4, 0.5) is 0 Å². The summed E-state index contributed by atoms with van der Waals surface area (Å²) < 4.78 is 10.2. The van der Waals surface area contributed by atoms with E-state index in [0.29, 0.717) is 22.8 Å². The van der Waals surface area contributed by atoms with Crippen molar-refractivity contribution in [2.75, 3.05) is 7.11 Å². The van der Waals surface area contributed by atoms with Gasteiger partial charge in [-0.1, -0.05) is 0 Å². The number of carbonyl (C=O) groups is 2. The average Bonchev–Trinajstić information content (AvgIpc) is 2.86. The Kier molecular flexibility index (Phi) is 4.70. The van der Waals surface area contributed by atoms with E-state index in [-0.39, 0.29) is 5.56 Å². The first-order valence-corrected chi connectivity index (χ1v) is 7.13. The van der Waals surface area contributed by atoms with Crippen molar-refractivity contribution < 1.29 is 23.8 Å². The molecule has 0 atom stereocenters. The number of hydrogen-bond donors (Lipinski definition) is 1. The lowest BCUT2D eigenvalue weighted by Crippen LogP contribution is -2.00. The second-order valence-electron chi connectivity index (χ2n) is 4.29. The number of thioether (sulfide) groups is 1. The zero-order valence-electron chi connectivity index (χ0n) is 11.6. The second kappa shape index (κ2) is 6.49. The molecule has 1 aromatic heterocycles. The summed E-state index contributed by atoms with van der Waals surface area (Å²) in [6, 6.07) is 8.26. The fourth-order valence-electron chi connectivity index (χ4n) is 1.78. The molecule has 6 heteroatoms. The van der Waals surface area contributed by atoms with E-state index in [2.05, 4.69) is 4.74 Å². The molecule has 0 aliphatic heterocycles. The van der Waals surface area contributed by atoms with E-state index in [1.54, 1.807) is 37.3 Å². The van der Waals surface area contributed by atoms with E-state index in [0.717, 1.165) is 4.90 Å². The average molecular weight is 306 g/mol. The van der Waals surface area contributed by atoms with Gasteiger partial charge in [-0.25, -0.2) is 9.59 Å². The largest absolute Gasteiger partial charge is 0.478 e. The molecule has 1 N–H and O–H groups in total. The third-order valence-electron chi connectivity index (χ3n) is 2.86. The van der Waals surface area contributed by atoms with Crippen LogP contribution in [0, 0.1) is 6.92 Å². The molecule has 0 fully saturated rings. The van der Waals surface area contributed by atoms with Crippen LogP contribution in [0.25, 0.3) is 0 Å². The first kappa shape index (κ1) is 15.2. The Morgan fingerprint density at radius 3 is 2.52 bits per heavy atom. The van der Waals surface area contributed by atoms with E-state index in [1.807, 2.05) is 0 Å². The maximum Gasteiger partial charge on any atom is 0.341 e. The van der Waals surface area contributed by atoms with Crippen LogP contribution in [0.5, 0.6) is 0 Å². The molecule has 0 saturated carbocycles. The lowest BCUT2D eigenvalue weighted by atomic mass is 10.2. The van der Waals surface area contributed by atoms with E-state index in [4.69, 9.17) is 9.52 Å². The molecular weight excluding hydrogens is 292 g/mol. The highest BCUT2D eigenvalue weighted by Gasteiger charge is 2.15. The lowest BCUT2D eigenvalue weighted by Gasteiger charge is -2.00. The molecule has 0 radical (unpaired) electrons. The Bertz CT molecular complexity index is 657. The van der Waals surface area contributed by atoms with Crippen molar-refractivity contribution in [2.45, 2.75) is 17.6 Å². The minimum atomic E-state index is -0.948. The Balaban J connectivity index is 2.03. The first-order valence-electron chi connectivity index (χ1n) is 6.15. The molecule has 1 aromatic carbocycles. The lowest BCUT2D eigenvalue weighted by molar-refractivity contribution is 0.0598. The van der Waals surface area contributed by atoms with Gasteiger partial charge in [0.1, 0.15) is 17.1 Å². The van der Waals surface area contributed by atoms with Gasteiger partial charge in [0.15, 0.2) is 0 Å². The number of carboxylic acids is 1. The maximum absolute atomic E-state index is 11.5. The van der Waals surface area contributed by atoms with Crippen molar-refractivity contribution in [2.24, 2.45) is 0 Å². The van der Waals surface area contributed by atoms with E-state index < -0.39 is 11.9 Å². The molecule has 2 rings (SSSR count). The molecule has 0 aliphatic rings. The van der Waals surface area contributed by atoms with Crippen LogP contribution in [-0.4, -0.2) is 24.2 Å². The number of methoxy groups -OCH3 is 1. The topological polar surface area (TPSA) is 76.7 Å². The minimum absolute atomic E-state index is 0.251. The number of rotatable bonds is 5. The van der Waals surface area contributed by atoms with Gasteiger partial charge in [-0.2, -0.15) is 0 Å². The molecule has 110 valence electrons. The Morgan fingerprint density at radius 1 is 1.29 bits per heavy atom. The molecular formula is C15H14O5S. The summed E-state index contributed by atoms with van der Waals surface area (Å²) in [5, 5.41) is 8.83. The SMILES string of the molecule is COC(=O)c1cc(CSc2ccc(C(=O)O)cc2)oc1C. The molecule has 21 heavy (non-hydrogen) atoms. The van der Waals surface area contributed by atoms with Crippen LogP contribution in [-0.2, 0) is 10.5 Å². The molecule has 0 aliphatic carbocycles. The Morgan fingerprint density at radius 2 is 1.95 bits per heavy atom. The van der Waals surface area contributed by atoms with Gasteiger partial charge in [-0.3, -0.25) is 0 Å². The normalized spacial score (nSPS) is 10.4. The summed E-state index contributed by atoms with van der Waals surface area (Å²) in [7, 11) is 1.33. The van der Waals surface area contributed by atoms with Gasteiger partial charge in [0.25, 0.3) is 0 Å². The zero-order chi connectivity index (χ0) is 15.4.